The summed E-state index contributed by atoms with van der Waals surface area (Å²) in [5, 5.41) is 3.03. The van der Waals surface area contributed by atoms with Crippen molar-refractivity contribution in [3.05, 3.63) is 0 Å². The number of nitrogens with one attached hydrogen (secondary N) is 1. The SMILES string of the molecule is CCS(=O)(=O)N1CCC(NC(=O)CC2(OC)CCC2)CC1. The molecule has 2 fully saturated rings. The maximum Gasteiger partial charge on any atom is 0.223 e. The minimum atomic E-state index is -3.10. The molecule has 2 rings (SSSR count). The number of hydrogen-bond acceptors (Lipinski definition) is 4. The molecular formula is C14H26N2O4S. The van der Waals surface area contributed by atoms with Gasteiger partial charge in [-0.15, -0.1) is 0 Å². The number of methoxy groups -OCH3 is 1. The molecule has 1 saturated heterocycles. The van der Waals surface area contributed by atoms with Crippen LogP contribution in [0.4, 0.5) is 0 Å². The van der Waals surface area contributed by atoms with Crippen LogP contribution >= 0.6 is 0 Å². The van der Waals surface area contributed by atoms with Crippen molar-refractivity contribution in [3.63, 3.8) is 0 Å². The number of carbonyl (C=O) groups is 1. The minimum absolute atomic E-state index is 0.0216. The summed E-state index contributed by atoms with van der Waals surface area (Å²) in [5.74, 6) is 0.161. The van der Waals surface area contributed by atoms with E-state index < -0.39 is 10.0 Å². The molecule has 0 atom stereocenters. The molecule has 0 unspecified atom stereocenters. The van der Waals surface area contributed by atoms with Crippen LogP contribution in [0.3, 0.4) is 0 Å². The zero-order valence-electron chi connectivity index (χ0n) is 12.9. The number of amides is 1. The van der Waals surface area contributed by atoms with E-state index in [9.17, 15) is 13.2 Å². The average molecular weight is 318 g/mol. The number of ether oxygens (including phenoxy) is 1. The van der Waals surface area contributed by atoms with Gasteiger partial charge in [-0.05, 0) is 39.0 Å². The molecule has 2 aliphatic rings. The van der Waals surface area contributed by atoms with Crippen molar-refractivity contribution >= 4 is 15.9 Å². The molecule has 7 heteroatoms. The Hall–Kier alpha value is -0.660. The summed E-state index contributed by atoms with van der Waals surface area (Å²) < 4.78 is 30.5. The second-order valence-electron chi connectivity index (χ2n) is 6.06. The van der Waals surface area contributed by atoms with Gasteiger partial charge in [-0.2, -0.15) is 0 Å². The van der Waals surface area contributed by atoms with E-state index in [-0.39, 0.29) is 23.3 Å². The Labute approximate surface area is 127 Å². The summed E-state index contributed by atoms with van der Waals surface area (Å²) in [7, 11) is -1.43. The summed E-state index contributed by atoms with van der Waals surface area (Å²) >= 11 is 0. The lowest BCUT2D eigenvalue weighted by Gasteiger charge is -2.40. The zero-order chi connectivity index (χ0) is 15.5. The Morgan fingerprint density at radius 3 is 2.38 bits per heavy atom. The molecule has 0 aromatic heterocycles. The monoisotopic (exact) mass is 318 g/mol. The maximum atomic E-state index is 12.1. The van der Waals surface area contributed by atoms with Gasteiger partial charge in [-0.3, -0.25) is 4.79 Å². The van der Waals surface area contributed by atoms with Crippen LogP contribution in [0.15, 0.2) is 0 Å². The molecule has 0 aromatic rings. The highest BCUT2D eigenvalue weighted by Crippen LogP contribution is 2.37. The highest BCUT2D eigenvalue weighted by molar-refractivity contribution is 7.89. The van der Waals surface area contributed by atoms with Gasteiger partial charge in [0.05, 0.1) is 17.8 Å². The van der Waals surface area contributed by atoms with Crippen molar-refractivity contribution in [2.75, 3.05) is 26.0 Å². The van der Waals surface area contributed by atoms with E-state index in [1.807, 2.05) is 0 Å². The van der Waals surface area contributed by atoms with Gasteiger partial charge in [0.25, 0.3) is 0 Å². The van der Waals surface area contributed by atoms with Crippen LogP contribution in [0, 0.1) is 0 Å². The molecule has 1 saturated carbocycles. The van der Waals surface area contributed by atoms with Gasteiger partial charge in [0, 0.05) is 26.2 Å². The standard InChI is InChI=1S/C14H26N2O4S/c1-3-21(18,19)16-9-5-12(6-10-16)15-13(17)11-14(20-2)7-4-8-14/h12H,3-11H2,1-2H3,(H,15,17). The minimum Gasteiger partial charge on any atom is -0.378 e. The first-order chi connectivity index (χ1) is 9.91. The van der Waals surface area contributed by atoms with Gasteiger partial charge in [0.2, 0.25) is 15.9 Å². The number of piperidine rings is 1. The number of sulfonamides is 1. The van der Waals surface area contributed by atoms with E-state index >= 15 is 0 Å². The Bertz CT molecular complexity index is 460. The quantitative estimate of drug-likeness (QED) is 0.789. The average Bonchev–Trinajstić information content (AvgIpc) is 2.43. The smallest absolute Gasteiger partial charge is 0.223 e. The molecule has 122 valence electrons. The van der Waals surface area contributed by atoms with Crippen molar-refractivity contribution in [1.29, 1.82) is 0 Å². The Morgan fingerprint density at radius 1 is 1.33 bits per heavy atom. The van der Waals surface area contributed by atoms with Crippen LogP contribution in [0.2, 0.25) is 0 Å². The summed E-state index contributed by atoms with van der Waals surface area (Å²) in [5.41, 5.74) is -0.254. The number of carbonyl (C=O) groups excluding carboxylic acids is 1. The second-order valence-corrected chi connectivity index (χ2v) is 8.32. The number of hydrogen-bond donors (Lipinski definition) is 1. The lowest BCUT2D eigenvalue weighted by Crippen LogP contribution is -2.49. The van der Waals surface area contributed by atoms with Crippen molar-refractivity contribution in [1.82, 2.24) is 9.62 Å². The molecular weight excluding hydrogens is 292 g/mol. The maximum absolute atomic E-state index is 12.1. The second kappa shape index (κ2) is 6.62. The molecule has 0 radical (unpaired) electrons. The fourth-order valence-electron chi connectivity index (χ4n) is 3.06. The van der Waals surface area contributed by atoms with E-state index in [0.29, 0.717) is 32.4 Å². The first-order valence-corrected chi connectivity index (χ1v) is 9.34. The van der Waals surface area contributed by atoms with Gasteiger partial charge in [0.15, 0.2) is 0 Å². The van der Waals surface area contributed by atoms with Crippen molar-refractivity contribution < 1.29 is 17.9 Å². The first-order valence-electron chi connectivity index (χ1n) is 7.73. The normalized spacial score (nSPS) is 23.5. The molecule has 0 bridgehead atoms. The van der Waals surface area contributed by atoms with E-state index in [0.717, 1.165) is 19.3 Å². The van der Waals surface area contributed by atoms with Crippen LogP contribution in [0.5, 0.6) is 0 Å². The van der Waals surface area contributed by atoms with E-state index in [1.165, 1.54) is 4.31 Å². The topological polar surface area (TPSA) is 75.7 Å². The predicted molar refractivity (Wildman–Crippen MR) is 80.4 cm³/mol. The highest BCUT2D eigenvalue weighted by atomic mass is 32.2. The Balaban J connectivity index is 1.77. The summed E-state index contributed by atoms with van der Waals surface area (Å²) in [4.78, 5) is 12.1. The molecule has 1 heterocycles. The van der Waals surface area contributed by atoms with E-state index in [2.05, 4.69) is 5.32 Å². The lowest BCUT2D eigenvalue weighted by atomic mass is 9.77. The summed E-state index contributed by atoms with van der Waals surface area (Å²) in [6, 6.07) is 0.0785. The van der Waals surface area contributed by atoms with Gasteiger partial charge < -0.3 is 10.1 Å². The third-order valence-corrected chi connectivity index (χ3v) is 6.64. The molecule has 1 aliphatic carbocycles. The van der Waals surface area contributed by atoms with Gasteiger partial charge in [-0.25, -0.2) is 12.7 Å². The molecule has 1 amide bonds. The third-order valence-electron chi connectivity index (χ3n) is 4.76. The largest absolute Gasteiger partial charge is 0.378 e. The van der Waals surface area contributed by atoms with Crippen molar-refractivity contribution in [2.24, 2.45) is 0 Å². The van der Waals surface area contributed by atoms with Gasteiger partial charge in [0.1, 0.15) is 0 Å². The molecule has 21 heavy (non-hydrogen) atoms. The third kappa shape index (κ3) is 3.96. The highest BCUT2D eigenvalue weighted by Gasteiger charge is 2.39. The fraction of sp³-hybridized carbons (Fsp3) is 0.929. The Morgan fingerprint density at radius 2 is 1.95 bits per heavy atom. The number of nitrogens with zero attached hydrogens (tertiary/aromatic N) is 1. The van der Waals surface area contributed by atoms with Gasteiger partial charge in [-0.1, -0.05) is 0 Å². The Kier molecular flexibility index (Phi) is 5.27. The van der Waals surface area contributed by atoms with Crippen LogP contribution in [0.1, 0.15) is 45.4 Å². The molecule has 6 nitrogen and oxygen atoms in total. The summed E-state index contributed by atoms with van der Waals surface area (Å²) in [6.07, 6.45) is 4.80. The summed E-state index contributed by atoms with van der Waals surface area (Å²) in [6.45, 7) is 2.65. The zero-order valence-corrected chi connectivity index (χ0v) is 13.7. The molecule has 1 aliphatic heterocycles. The fourth-order valence-corrected chi connectivity index (χ4v) is 4.19. The van der Waals surface area contributed by atoms with Crippen LogP contribution in [-0.2, 0) is 19.6 Å². The van der Waals surface area contributed by atoms with Crippen LogP contribution in [-0.4, -0.2) is 56.2 Å². The van der Waals surface area contributed by atoms with E-state index in [4.69, 9.17) is 4.74 Å². The van der Waals surface area contributed by atoms with E-state index in [1.54, 1.807) is 14.0 Å². The molecule has 0 aromatic carbocycles. The van der Waals surface area contributed by atoms with Crippen molar-refractivity contribution in [2.45, 2.75) is 57.1 Å². The first kappa shape index (κ1) is 16.7. The van der Waals surface area contributed by atoms with Crippen molar-refractivity contribution in [3.8, 4) is 0 Å². The lowest BCUT2D eigenvalue weighted by molar-refractivity contribution is -0.135. The van der Waals surface area contributed by atoms with Gasteiger partial charge >= 0.3 is 0 Å². The van der Waals surface area contributed by atoms with Crippen LogP contribution < -0.4 is 5.32 Å². The molecule has 1 N–H and O–H groups in total. The molecule has 0 spiro atoms. The number of rotatable bonds is 6. The predicted octanol–water partition coefficient (Wildman–Crippen LogP) is 0.876. The van der Waals surface area contributed by atoms with Crippen LogP contribution in [0.25, 0.3) is 0 Å².